The number of thiophene rings is 2. The van der Waals surface area contributed by atoms with Crippen LogP contribution in [-0.2, 0) is 11.2 Å². The molecule has 0 atom stereocenters. The zero-order valence-electron chi connectivity index (χ0n) is 11.3. The summed E-state index contributed by atoms with van der Waals surface area (Å²) in [6.45, 7) is 0. The lowest BCUT2D eigenvalue weighted by Gasteiger charge is -2.01. The summed E-state index contributed by atoms with van der Waals surface area (Å²) < 4.78 is 5.13. The monoisotopic (exact) mass is 330 g/mol. The van der Waals surface area contributed by atoms with Gasteiger partial charge in [-0.25, -0.2) is 0 Å². The van der Waals surface area contributed by atoms with E-state index in [9.17, 15) is 4.79 Å². The molecule has 0 fully saturated rings. The molecule has 0 saturated carbocycles. The first-order chi connectivity index (χ1) is 10.8. The molecule has 0 saturated heterocycles. The molecule has 0 radical (unpaired) electrons. The SMILES string of the molecule is N#Cc1ccsc1NC(=O)CCc1nc(-c2ccsc2)no1. The van der Waals surface area contributed by atoms with Crippen molar-refractivity contribution in [2.75, 3.05) is 5.32 Å². The fraction of sp³-hybridized carbons (Fsp3) is 0.143. The van der Waals surface area contributed by atoms with Gasteiger partial charge in [0, 0.05) is 23.8 Å². The van der Waals surface area contributed by atoms with Crippen LogP contribution in [0.5, 0.6) is 0 Å². The maximum atomic E-state index is 11.9. The fourth-order valence-corrected chi connectivity index (χ4v) is 3.16. The summed E-state index contributed by atoms with van der Waals surface area (Å²) in [7, 11) is 0. The summed E-state index contributed by atoms with van der Waals surface area (Å²) >= 11 is 2.88. The lowest BCUT2D eigenvalue weighted by Crippen LogP contribution is -2.12. The number of hydrogen-bond acceptors (Lipinski definition) is 7. The summed E-state index contributed by atoms with van der Waals surface area (Å²) in [5.74, 6) is 0.763. The van der Waals surface area contributed by atoms with Gasteiger partial charge in [0.2, 0.25) is 17.6 Å². The lowest BCUT2D eigenvalue weighted by molar-refractivity contribution is -0.116. The molecule has 0 aliphatic heterocycles. The zero-order valence-corrected chi connectivity index (χ0v) is 12.9. The van der Waals surface area contributed by atoms with Gasteiger partial charge in [-0.3, -0.25) is 4.79 Å². The van der Waals surface area contributed by atoms with E-state index in [2.05, 4.69) is 15.5 Å². The number of nitriles is 1. The smallest absolute Gasteiger partial charge is 0.227 e. The Kier molecular flexibility index (Phi) is 4.27. The van der Waals surface area contributed by atoms with Gasteiger partial charge < -0.3 is 9.84 Å². The molecule has 0 aliphatic rings. The highest BCUT2D eigenvalue weighted by Gasteiger charge is 2.12. The maximum Gasteiger partial charge on any atom is 0.227 e. The third kappa shape index (κ3) is 3.21. The number of aryl methyl sites for hydroxylation is 1. The first-order valence-electron chi connectivity index (χ1n) is 6.39. The molecule has 3 heterocycles. The largest absolute Gasteiger partial charge is 0.339 e. The predicted molar refractivity (Wildman–Crippen MR) is 83.6 cm³/mol. The Morgan fingerprint density at radius 1 is 1.41 bits per heavy atom. The third-order valence-electron chi connectivity index (χ3n) is 2.85. The highest BCUT2D eigenvalue weighted by atomic mass is 32.1. The number of carbonyl (C=O) groups excluding carboxylic acids is 1. The molecule has 0 bridgehead atoms. The number of nitrogens with one attached hydrogen (secondary N) is 1. The molecule has 1 amide bonds. The molecule has 0 aliphatic carbocycles. The zero-order chi connectivity index (χ0) is 15.4. The molecule has 1 N–H and O–H groups in total. The van der Waals surface area contributed by atoms with Gasteiger partial charge in [0.25, 0.3) is 0 Å². The van der Waals surface area contributed by atoms with Crippen molar-refractivity contribution in [1.82, 2.24) is 10.1 Å². The van der Waals surface area contributed by atoms with E-state index in [0.717, 1.165) is 5.56 Å². The first kappa shape index (κ1) is 14.4. The van der Waals surface area contributed by atoms with Crippen LogP contribution >= 0.6 is 22.7 Å². The second-order valence-corrected chi connectivity index (χ2v) is 6.04. The third-order valence-corrected chi connectivity index (χ3v) is 4.37. The molecule has 0 spiro atoms. The quantitative estimate of drug-likeness (QED) is 0.775. The number of amides is 1. The minimum atomic E-state index is -0.186. The summed E-state index contributed by atoms with van der Waals surface area (Å²) in [6, 6.07) is 5.61. The number of rotatable bonds is 5. The normalized spacial score (nSPS) is 10.3. The molecule has 3 rings (SSSR count). The highest BCUT2D eigenvalue weighted by Crippen LogP contribution is 2.22. The maximum absolute atomic E-state index is 11.9. The van der Waals surface area contributed by atoms with Gasteiger partial charge in [0.05, 0.1) is 5.56 Å². The molecule has 3 aromatic heterocycles. The van der Waals surface area contributed by atoms with Crippen LogP contribution in [-0.4, -0.2) is 16.0 Å². The minimum absolute atomic E-state index is 0.186. The van der Waals surface area contributed by atoms with E-state index >= 15 is 0 Å². The Morgan fingerprint density at radius 2 is 2.32 bits per heavy atom. The van der Waals surface area contributed by atoms with Gasteiger partial charge in [-0.2, -0.15) is 21.6 Å². The van der Waals surface area contributed by atoms with Gasteiger partial charge in [0.1, 0.15) is 11.1 Å². The van der Waals surface area contributed by atoms with Crippen LogP contribution in [0.3, 0.4) is 0 Å². The van der Waals surface area contributed by atoms with Crippen molar-refractivity contribution in [3.8, 4) is 17.5 Å². The van der Waals surface area contributed by atoms with E-state index in [1.54, 1.807) is 22.8 Å². The second-order valence-electron chi connectivity index (χ2n) is 4.35. The average molecular weight is 330 g/mol. The molecule has 3 aromatic rings. The lowest BCUT2D eigenvalue weighted by atomic mass is 10.3. The van der Waals surface area contributed by atoms with E-state index in [1.807, 2.05) is 22.9 Å². The molecule has 8 heteroatoms. The standard InChI is InChI=1S/C14H10N4O2S2/c15-7-9-4-6-22-14(9)16-11(19)1-2-12-17-13(18-20-12)10-3-5-21-8-10/h3-6,8H,1-2H2,(H,16,19). The fourth-order valence-electron chi connectivity index (χ4n) is 1.77. The number of aromatic nitrogens is 2. The summed E-state index contributed by atoms with van der Waals surface area (Å²) in [6.07, 6.45) is 0.574. The van der Waals surface area contributed by atoms with Gasteiger partial charge in [0.15, 0.2) is 0 Å². The van der Waals surface area contributed by atoms with Crippen molar-refractivity contribution in [3.05, 3.63) is 39.7 Å². The van der Waals surface area contributed by atoms with Crippen LogP contribution < -0.4 is 5.32 Å². The van der Waals surface area contributed by atoms with Crippen molar-refractivity contribution in [2.45, 2.75) is 12.8 Å². The molecular weight excluding hydrogens is 320 g/mol. The van der Waals surface area contributed by atoms with Crippen LogP contribution in [0.25, 0.3) is 11.4 Å². The van der Waals surface area contributed by atoms with Crippen molar-refractivity contribution in [3.63, 3.8) is 0 Å². The summed E-state index contributed by atoms with van der Waals surface area (Å²) in [4.78, 5) is 16.1. The molecule has 0 aromatic carbocycles. The number of nitrogens with zero attached hydrogens (tertiary/aromatic N) is 3. The number of anilines is 1. The average Bonchev–Trinajstić information content (AvgIpc) is 3.25. The molecule has 110 valence electrons. The van der Waals surface area contributed by atoms with Gasteiger partial charge in [-0.1, -0.05) is 5.16 Å². The van der Waals surface area contributed by atoms with E-state index < -0.39 is 0 Å². The van der Waals surface area contributed by atoms with Crippen molar-refractivity contribution in [2.24, 2.45) is 0 Å². The topological polar surface area (TPSA) is 91.8 Å². The minimum Gasteiger partial charge on any atom is -0.339 e. The van der Waals surface area contributed by atoms with Crippen LogP contribution in [0.4, 0.5) is 5.00 Å². The van der Waals surface area contributed by atoms with E-state index in [0.29, 0.717) is 28.7 Å². The Morgan fingerprint density at radius 3 is 3.09 bits per heavy atom. The number of hydrogen-bond donors (Lipinski definition) is 1. The highest BCUT2D eigenvalue weighted by molar-refractivity contribution is 7.14. The van der Waals surface area contributed by atoms with Gasteiger partial charge in [-0.05, 0) is 22.9 Å². The molecule has 22 heavy (non-hydrogen) atoms. The number of carbonyl (C=O) groups is 1. The summed E-state index contributed by atoms with van der Waals surface area (Å²) in [5.41, 5.74) is 1.37. The molecular formula is C14H10N4O2S2. The molecule has 6 nitrogen and oxygen atoms in total. The van der Waals surface area contributed by atoms with Crippen LogP contribution in [0.1, 0.15) is 17.9 Å². The Hall–Kier alpha value is -2.50. The van der Waals surface area contributed by atoms with Gasteiger partial charge >= 0.3 is 0 Å². The van der Waals surface area contributed by atoms with Gasteiger partial charge in [-0.15, -0.1) is 11.3 Å². The van der Waals surface area contributed by atoms with Crippen LogP contribution in [0.15, 0.2) is 32.8 Å². The molecule has 0 unspecified atom stereocenters. The Balaban J connectivity index is 1.56. The van der Waals surface area contributed by atoms with Crippen LogP contribution in [0.2, 0.25) is 0 Å². The van der Waals surface area contributed by atoms with Crippen molar-refractivity contribution < 1.29 is 9.32 Å². The van der Waals surface area contributed by atoms with E-state index in [-0.39, 0.29) is 12.3 Å². The Bertz CT molecular complexity index is 814. The van der Waals surface area contributed by atoms with E-state index in [1.165, 1.54) is 11.3 Å². The van der Waals surface area contributed by atoms with Crippen molar-refractivity contribution >= 4 is 33.6 Å². The van der Waals surface area contributed by atoms with Crippen molar-refractivity contribution in [1.29, 1.82) is 5.26 Å². The first-order valence-corrected chi connectivity index (χ1v) is 8.21. The second kappa shape index (κ2) is 6.51. The predicted octanol–water partition coefficient (Wildman–Crippen LogP) is 3.30. The Labute approximate surface area is 134 Å². The van der Waals surface area contributed by atoms with E-state index in [4.69, 9.17) is 9.78 Å². The van der Waals surface area contributed by atoms with Crippen LogP contribution in [0, 0.1) is 11.3 Å². The summed E-state index contributed by atoms with van der Waals surface area (Å²) in [5, 5.41) is 21.7.